The molecule has 3 rings (SSSR count). The number of amides is 2. The number of hydrogen-bond donors (Lipinski definition) is 1. The number of nitrogens with zero attached hydrogens (tertiary/aromatic N) is 1. The van der Waals surface area contributed by atoms with Gasteiger partial charge in [0.05, 0.1) is 0 Å². The van der Waals surface area contributed by atoms with Crippen molar-refractivity contribution in [3.05, 3.63) is 99.5 Å². The minimum absolute atomic E-state index is 0.00872. The van der Waals surface area contributed by atoms with Gasteiger partial charge in [-0.1, -0.05) is 83.5 Å². The fraction of sp³-hybridized carbons (Fsp3) is 0.333. The van der Waals surface area contributed by atoms with Gasteiger partial charge in [0.15, 0.2) is 6.61 Å². The molecule has 3 aromatic carbocycles. The van der Waals surface area contributed by atoms with Gasteiger partial charge in [-0.25, -0.2) is 0 Å². The summed E-state index contributed by atoms with van der Waals surface area (Å²) < 4.78 is 6.97. The highest BCUT2D eigenvalue weighted by Crippen LogP contribution is 2.26. The number of nitrogens with one attached hydrogen (secondary N) is 1. The molecule has 0 heterocycles. The molecule has 190 valence electrons. The second-order valence-electron chi connectivity index (χ2n) is 9.19. The first kappa shape index (κ1) is 27.5. The normalized spacial score (nSPS) is 12.5. The van der Waals surface area contributed by atoms with Crippen molar-refractivity contribution in [1.29, 1.82) is 0 Å². The lowest BCUT2D eigenvalue weighted by Gasteiger charge is -2.32. The Bertz CT molecular complexity index is 1130. The van der Waals surface area contributed by atoms with Crippen LogP contribution in [0.15, 0.2) is 77.3 Å². The number of rotatable bonds is 11. The largest absolute Gasteiger partial charge is 0.484 e. The fourth-order valence-corrected chi connectivity index (χ4v) is 4.22. The van der Waals surface area contributed by atoms with Crippen LogP contribution >= 0.6 is 15.9 Å². The van der Waals surface area contributed by atoms with E-state index in [-0.39, 0.29) is 24.5 Å². The first-order valence-electron chi connectivity index (χ1n) is 12.4. The zero-order valence-corrected chi connectivity index (χ0v) is 23.0. The molecule has 0 bridgehead atoms. The second-order valence-corrected chi connectivity index (χ2v) is 9.98. The van der Waals surface area contributed by atoms with Crippen LogP contribution < -0.4 is 10.1 Å². The van der Waals surface area contributed by atoms with E-state index in [1.54, 1.807) is 4.90 Å². The maximum atomic E-state index is 13.7. The molecule has 3 aromatic rings. The molecule has 0 unspecified atom stereocenters. The average Bonchev–Trinajstić information content (AvgIpc) is 2.88. The maximum absolute atomic E-state index is 13.7. The molecule has 0 saturated carbocycles. The van der Waals surface area contributed by atoms with Gasteiger partial charge in [0.25, 0.3) is 5.91 Å². The van der Waals surface area contributed by atoms with E-state index >= 15 is 0 Å². The fourth-order valence-electron chi connectivity index (χ4n) is 3.99. The highest BCUT2D eigenvalue weighted by atomic mass is 79.9. The number of halogens is 1. The summed E-state index contributed by atoms with van der Waals surface area (Å²) in [5, 5.41) is 3.09. The third kappa shape index (κ3) is 7.69. The molecule has 1 N–H and O–H groups in total. The van der Waals surface area contributed by atoms with E-state index in [4.69, 9.17) is 4.74 Å². The minimum atomic E-state index is -0.675. The van der Waals surface area contributed by atoms with Gasteiger partial charge < -0.3 is 15.0 Å². The van der Waals surface area contributed by atoms with Gasteiger partial charge in [-0.05, 0) is 61.6 Å². The number of ether oxygens (including phenoxy) is 1. The molecule has 2 atom stereocenters. The maximum Gasteiger partial charge on any atom is 0.261 e. The van der Waals surface area contributed by atoms with Crippen molar-refractivity contribution < 1.29 is 14.3 Å². The number of aryl methyl sites for hydroxylation is 2. The summed E-state index contributed by atoms with van der Waals surface area (Å²) in [5.74, 6) is 0.231. The Balaban J connectivity index is 1.90. The van der Waals surface area contributed by atoms with E-state index in [9.17, 15) is 9.59 Å². The average molecular weight is 552 g/mol. The van der Waals surface area contributed by atoms with E-state index in [1.165, 1.54) is 0 Å². The summed E-state index contributed by atoms with van der Waals surface area (Å²) in [6.07, 6.45) is 1.22. The summed E-state index contributed by atoms with van der Waals surface area (Å²) >= 11 is 3.57. The zero-order valence-electron chi connectivity index (χ0n) is 21.5. The van der Waals surface area contributed by atoms with Crippen LogP contribution in [0.4, 0.5) is 0 Å². The summed E-state index contributed by atoms with van der Waals surface area (Å²) in [7, 11) is 0. The lowest BCUT2D eigenvalue weighted by atomic mass is 10.0. The van der Waals surface area contributed by atoms with Gasteiger partial charge in [-0.3, -0.25) is 9.59 Å². The number of carbonyl (C=O) groups excluding carboxylic acids is 2. The Labute approximate surface area is 223 Å². The van der Waals surface area contributed by atoms with Gasteiger partial charge in [0, 0.05) is 23.5 Å². The van der Waals surface area contributed by atoms with Crippen molar-refractivity contribution in [3.8, 4) is 5.75 Å². The zero-order chi connectivity index (χ0) is 26.1. The lowest BCUT2D eigenvalue weighted by molar-refractivity contribution is -0.143. The lowest BCUT2D eigenvalue weighted by Crippen LogP contribution is -2.53. The summed E-state index contributed by atoms with van der Waals surface area (Å²) in [4.78, 5) is 28.8. The molecule has 0 aliphatic heterocycles. The van der Waals surface area contributed by atoms with Crippen LogP contribution in [0.3, 0.4) is 0 Å². The predicted octanol–water partition coefficient (Wildman–Crippen LogP) is 6.00. The van der Waals surface area contributed by atoms with E-state index in [1.807, 2.05) is 100 Å². The van der Waals surface area contributed by atoms with Crippen molar-refractivity contribution in [1.82, 2.24) is 10.2 Å². The van der Waals surface area contributed by atoms with Gasteiger partial charge in [0.2, 0.25) is 5.91 Å². The molecule has 36 heavy (non-hydrogen) atoms. The summed E-state index contributed by atoms with van der Waals surface area (Å²) in [6, 6.07) is 22.7. The van der Waals surface area contributed by atoms with Crippen LogP contribution in [0.2, 0.25) is 0 Å². The Morgan fingerprint density at radius 3 is 2.06 bits per heavy atom. The SMILES string of the molecule is CC[C@H](C)NC(=O)[C@@H](Cc1ccccc1)N(Cc1ccccc1)C(=O)COc1cc(C)c(Br)c(C)c1. The van der Waals surface area contributed by atoms with Crippen molar-refractivity contribution in [2.45, 2.75) is 59.2 Å². The molecule has 0 radical (unpaired) electrons. The quantitative estimate of drug-likeness (QED) is 0.318. The van der Waals surface area contributed by atoms with Gasteiger partial charge >= 0.3 is 0 Å². The van der Waals surface area contributed by atoms with Crippen molar-refractivity contribution >= 4 is 27.7 Å². The molecule has 0 aliphatic carbocycles. The Kier molecular flexibility index (Phi) is 10.1. The smallest absolute Gasteiger partial charge is 0.261 e. The molecule has 6 heteroatoms. The molecule has 0 saturated heterocycles. The van der Waals surface area contributed by atoms with E-state index in [0.29, 0.717) is 18.7 Å². The van der Waals surface area contributed by atoms with E-state index < -0.39 is 6.04 Å². The molecule has 2 amide bonds. The van der Waals surface area contributed by atoms with Crippen LogP contribution in [-0.2, 0) is 22.6 Å². The molecular weight excluding hydrogens is 516 g/mol. The highest BCUT2D eigenvalue weighted by molar-refractivity contribution is 9.10. The van der Waals surface area contributed by atoms with Gasteiger partial charge in [-0.2, -0.15) is 0 Å². The van der Waals surface area contributed by atoms with E-state index in [2.05, 4.69) is 21.2 Å². The van der Waals surface area contributed by atoms with Crippen molar-refractivity contribution in [2.75, 3.05) is 6.61 Å². The minimum Gasteiger partial charge on any atom is -0.484 e. The van der Waals surface area contributed by atoms with Crippen LogP contribution in [0, 0.1) is 13.8 Å². The second kappa shape index (κ2) is 13.3. The summed E-state index contributed by atoms with van der Waals surface area (Å²) in [6.45, 7) is 8.13. The monoisotopic (exact) mass is 550 g/mol. The number of hydrogen-bond acceptors (Lipinski definition) is 3. The Hall–Kier alpha value is -3.12. The molecule has 0 fully saturated rings. The van der Waals surface area contributed by atoms with Crippen molar-refractivity contribution in [3.63, 3.8) is 0 Å². The van der Waals surface area contributed by atoms with Gasteiger partial charge in [-0.15, -0.1) is 0 Å². The Morgan fingerprint density at radius 1 is 0.944 bits per heavy atom. The standard InChI is InChI=1S/C30H35BrN2O3/c1-5-23(4)32-30(35)27(18-24-12-8-6-9-13-24)33(19-25-14-10-7-11-15-25)28(34)20-36-26-16-21(2)29(31)22(3)17-26/h6-17,23,27H,5,18-20H2,1-4H3,(H,32,35)/t23-,27+/m0/s1. The topological polar surface area (TPSA) is 58.6 Å². The molecular formula is C30H35BrN2O3. The highest BCUT2D eigenvalue weighted by Gasteiger charge is 2.31. The number of benzene rings is 3. The number of carbonyl (C=O) groups is 2. The Morgan fingerprint density at radius 2 is 1.50 bits per heavy atom. The predicted molar refractivity (Wildman–Crippen MR) is 148 cm³/mol. The van der Waals surface area contributed by atoms with Crippen LogP contribution in [0.5, 0.6) is 5.75 Å². The molecule has 5 nitrogen and oxygen atoms in total. The summed E-state index contributed by atoms with van der Waals surface area (Å²) in [5.41, 5.74) is 4.02. The first-order valence-corrected chi connectivity index (χ1v) is 13.1. The first-order chi connectivity index (χ1) is 17.3. The van der Waals surface area contributed by atoms with Crippen LogP contribution in [0.1, 0.15) is 42.5 Å². The third-order valence-electron chi connectivity index (χ3n) is 6.24. The van der Waals surface area contributed by atoms with E-state index in [0.717, 1.165) is 33.1 Å². The third-order valence-corrected chi connectivity index (χ3v) is 7.49. The van der Waals surface area contributed by atoms with Crippen LogP contribution in [0.25, 0.3) is 0 Å². The molecule has 0 aliphatic rings. The molecule has 0 aromatic heterocycles. The van der Waals surface area contributed by atoms with Crippen LogP contribution in [-0.4, -0.2) is 35.4 Å². The molecule has 0 spiro atoms. The van der Waals surface area contributed by atoms with Gasteiger partial charge in [0.1, 0.15) is 11.8 Å². The van der Waals surface area contributed by atoms with Crippen molar-refractivity contribution in [2.24, 2.45) is 0 Å².